The third-order valence-corrected chi connectivity index (χ3v) is 7.24. The van der Waals surface area contributed by atoms with Crippen LogP contribution in [0, 0.1) is 0 Å². The molecule has 1 fully saturated rings. The molecule has 3 aromatic rings. The molecule has 2 aliphatic rings. The van der Waals surface area contributed by atoms with Gasteiger partial charge in [-0.2, -0.15) is 0 Å². The van der Waals surface area contributed by atoms with Crippen molar-refractivity contribution in [1.82, 2.24) is 0 Å². The number of fused-ring (bicyclic) bond motifs is 1. The maximum atomic E-state index is 13.3. The number of carbonyl (C=O) groups excluding carboxylic acids is 1. The van der Waals surface area contributed by atoms with Crippen LogP contribution >= 0.6 is 0 Å². The average Bonchev–Trinajstić information content (AvgIpc) is 3.49. The van der Waals surface area contributed by atoms with E-state index >= 15 is 0 Å². The van der Waals surface area contributed by atoms with Gasteiger partial charge in [-0.25, -0.2) is 13.6 Å². The van der Waals surface area contributed by atoms with Gasteiger partial charge >= 0.3 is 0 Å². The first-order valence-corrected chi connectivity index (χ1v) is 12.3. The fraction of sp³-hybridized carbons (Fsp3) is 0.240. The zero-order chi connectivity index (χ0) is 23.2. The summed E-state index contributed by atoms with van der Waals surface area (Å²) in [5.41, 5.74) is 3.60. The minimum atomic E-state index is -3.82. The topological polar surface area (TPSA) is 108 Å². The molecule has 3 aromatic carbocycles. The van der Waals surface area contributed by atoms with E-state index in [4.69, 9.17) is 14.6 Å². The number of sulfonamides is 1. The fourth-order valence-electron chi connectivity index (χ4n) is 4.29. The highest BCUT2D eigenvalue weighted by molar-refractivity contribution is 7.89. The summed E-state index contributed by atoms with van der Waals surface area (Å²) in [4.78, 5) is 13.4. The van der Waals surface area contributed by atoms with Crippen LogP contribution in [0.1, 0.15) is 35.2 Å². The Morgan fingerprint density at radius 2 is 1.85 bits per heavy atom. The summed E-state index contributed by atoms with van der Waals surface area (Å²) in [5, 5.41) is 8.38. The first-order chi connectivity index (χ1) is 15.8. The van der Waals surface area contributed by atoms with Crippen LogP contribution in [0.2, 0.25) is 0 Å². The molecule has 0 aromatic heterocycles. The monoisotopic (exact) mass is 470 g/mol. The molecule has 7 nitrogen and oxygen atoms in total. The van der Waals surface area contributed by atoms with E-state index in [0.717, 1.165) is 41.5 Å². The van der Waals surface area contributed by atoms with Crippen LogP contribution in [0.15, 0.2) is 65.6 Å². The molecule has 0 saturated heterocycles. The highest BCUT2D eigenvalue weighted by Gasteiger charge is 2.51. The standard InChI is InChI=1S/C25H24N2O5S.3H2/c1-2-16-6-8-19(14-21(16)17-4-3-5-20(12-17)33(26,29)30)27-24(28)25(10-11-25)18-7-9-22-23(13-18)32-15-31-22;;;/h3-9,12-14H,2,10-11,15H2,1H3,(H,27,28)(H2,26,29,30);3*1H. The molecule has 176 valence electrons. The second-order valence-electron chi connectivity index (χ2n) is 8.40. The molecule has 0 atom stereocenters. The summed E-state index contributed by atoms with van der Waals surface area (Å²) in [5.74, 6) is 1.28. The maximum absolute atomic E-state index is 13.3. The first-order valence-electron chi connectivity index (χ1n) is 10.8. The number of aryl methyl sites for hydroxylation is 1. The summed E-state index contributed by atoms with van der Waals surface area (Å²) in [6, 6.07) is 17.9. The van der Waals surface area contributed by atoms with E-state index in [0.29, 0.717) is 17.2 Å². The van der Waals surface area contributed by atoms with E-state index in [-0.39, 0.29) is 21.9 Å². The molecule has 0 radical (unpaired) electrons. The number of anilines is 1. The number of ether oxygens (including phenoxy) is 2. The molecule has 33 heavy (non-hydrogen) atoms. The number of benzene rings is 3. The average molecular weight is 471 g/mol. The number of rotatable bonds is 6. The molecule has 1 heterocycles. The van der Waals surface area contributed by atoms with Crippen LogP contribution in [-0.4, -0.2) is 21.1 Å². The van der Waals surface area contributed by atoms with Gasteiger partial charge < -0.3 is 14.8 Å². The van der Waals surface area contributed by atoms with E-state index in [1.54, 1.807) is 12.1 Å². The van der Waals surface area contributed by atoms with E-state index < -0.39 is 15.4 Å². The predicted molar refractivity (Wildman–Crippen MR) is 131 cm³/mol. The molecule has 0 unspecified atom stereocenters. The van der Waals surface area contributed by atoms with Gasteiger partial charge in [-0.15, -0.1) is 0 Å². The Labute approximate surface area is 197 Å². The predicted octanol–water partition coefficient (Wildman–Crippen LogP) is 4.70. The van der Waals surface area contributed by atoms with Gasteiger partial charge in [0.15, 0.2) is 11.5 Å². The van der Waals surface area contributed by atoms with Crippen LogP contribution in [0.5, 0.6) is 11.5 Å². The van der Waals surface area contributed by atoms with Crippen molar-refractivity contribution in [2.24, 2.45) is 5.14 Å². The van der Waals surface area contributed by atoms with Crippen molar-refractivity contribution >= 4 is 21.6 Å². The second-order valence-corrected chi connectivity index (χ2v) is 9.96. The molecule has 5 rings (SSSR count). The summed E-state index contributed by atoms with van der Waals surface area (Å²) in [6.45, 7) is 2.22. The van der Waals surface area contributed by atoms with Crippen molar-refractivity contribution < 1.29 is 27.0 Å². The van der Waals surface area contributed by atoms with E-state index in [1.807, 2.05) is 49.4 Å². The lowest BCUT2D eigenvalue weighted by molar-refractivity contribution is -0.118. The van der Waals surface area contributed by atoms with Crippen LogP contribution < -0.4 is 19.9 Å². The van der Waals surface area contributed by atoms with Gasteiger partial charge in [-0.3, -0.25) is 4.79 Å². The normalized spacial score (nSPS) is 15.8. The largest absolute Gasteiger partial charge is 0.454 e. The Hall–Kier alpha value is -3.36. The van der Waals surface area contributed by atoms with Crippen LogP contribution in [0.25, 0.3) is 11.1 Å². The third-order valence-electron chi connectivity index (χ3n) is 6.33. The number of amides is 1. The molecule has 3 N–H and O–H groups in total. The molecule has 0 bridgehead atoms. The zero-order valence-electron chi connectivity index (χ0n) is 18.1. The third kappa shape index (κ3) is 3.96. The minimum Gasteiger partial charge on any atom is -0.454 e. The van der Waals surface area contributed by atoms with Gasteiger partial charge in [0.2, 0.25) is 22.7 Å². The lowest BCUT2D eigenvalue weighted by atomic mass is 9.93. The Morgan fingerprint density at radius 1 is 1.06 bits per heavy atom. The van der Waals surface area contributed by atoms with Crippen molar-refractivity contribution in [1.29, 1.82) is 0 Å². The van der Waals surface area contributed by atoms with Crippen LogP contribution in [0.3, 0.4) is 0 Å². The van der Waals surface area contributed by atoms with Gasteiger partial charge in [0.05, 0.1) is 10.3 Å². The van der Waals surface area contributed by atoms with E-state index in [2.05, 4.69) is 5.32 Å². The number of carbonyl (C=O) groups is 1. The number of nitrogens with two attached hydrogens (primary N) is 1. The lowest BCUT2D eigenvalue weighted by Gasteiger charge is -2.18. The number of primary sulfonamides is 1. The van der Waals surface area contributed by atoms with Gasteiger partial charge in [0.1, 0.15) is 0 Å². The van der Waals surface area contributed by atoms with Gasteiger partial charge in [0.25, 0.3) is 0 Å². The number of hydrogen-bond acceptors (Lipinski definition) is 5. The van der Waals surface area contributed by atoms with Crippen molar-refractivity contribution in [3.05, 3.63) is 71.8 Å². The SMILES string of the molecule is CCc1ccc(NC(=O)C2(c3ccc4c(c3)OCO4)CC2)cc1-c1cccc(S(N)(=O)=O)c1.[HH].[HH].[HH]. The van der Waals surface area contributed by atoms with Crippen LogP contribution in [-0.2, 0) is 26.7 Å². The van der Waals surface area contributed by atoms with Crippen molar-refractivity contribution in [3.63, 3.8) is 0 Å². The zero-order valence-corrected chi connectivity index (χ0v) is 18.9. The number of nitrogens with one attached hydrogen (secondary N) is 1. The molecule has 8 heteroatoms. The maximum Gasteiger partial charge on any atom is 0.238 e. The van der Waals surface area contributed by atoms with Gasteiger partial charge in [-0.05, 0) is 77.9 Å². The molecule has 0 spiro atoms. The van der Waals surface area contributed by atoms with Gasteiger partial charge in [-0.1, -0.05) is 31.2 Å². The lowest BCUT2D eigenvalue weighted by Crippen LogP contribution is -2.27. The Balaban J connectivity index is 0.00000152. The minimum absolute atomic E-state index is 0. The molecule has 1 amide bonds. The summed E-state index contributed by atoms with van der Waals surface area (Å²) < 4.78 is 34.5. The Bertz CT molecular complexity index is 1380. The molecular formula is C25H30N2O5S. The fourth-order valence-corrected chi connectivity index (χ4v) is 4.85. The quantitative estimate of drug-likeness (QED) is 0.543. The van der Waals surface area contributed by atoms with E-state index in [1.165, 1.54) is 6.07 Å². The Morgan fingerprint density at radius 3 is 2.58 bits per heavy atom. The molecule has 1 aliphatic heterocycles. The summed E-state index contributed by atoms with van der Waals surface area (Å²) >= 11 is 0. The summed E-state index contributed by atoms with van der Waals surface area (Å²) in [6.07, 6.45) is 2.27. The summed E-state index contributed by atoms with van der Waals surface area (Å²) in [7, 11) is -3.82. The van der Waals surface area contributed by atoms with Crippen molar-refractivity contribution in [3.8, 4) is 22.6 Å². The van der Waals surface area contributed by atoms with Gasteiger partial charge in [0, 0.05) is 9.97 Å². The highest BCUT2D eigenvalue weighted by Crippen LogP contribution is 2.51. The highest BCUT2D eigenvalue weighted by atomic mass is 32.2. The van der Waals surface area contributed by atoms with E-state index in [9.17, 15) is 13.2 Å². The Kier molecular flexibility index (Phi) is 5.14. The first kappa shape index (κ1) is 21.5. The molecular weight excluding hydrogens is 440 g/mol. The number of hydrogen-bond donors (Lipinski definition) is 2. The second kappa shape index (κ2) is 7.90. The van der Waals surface area contributed by atoms with Crippen LogP contribution in [0.4, 0.5) is 5.69 Å². The smallest absolute Gasteiger partial charge is 0.238 e. The van der Waals surface area contributed by atoms with Crippen molar-refractivity contribution in [2.75, 3.05) is 12.1 Å². The molecule has 1 aliphatic carbocycles. The molecule has 1 saturated carbocycles. The van der Waals surface area contributed by atoms with Crippen molar-refractivity contribution in [2.45, 2.75) is 36.5 Å².